The highest BCUT2D eigenvalue weighted by atomic mass is 16.5. The Morgan fingerprint density at radius 2 is 1.69 bits per heavy atom. The molecule has 5 heteroatoms. The van der Waals surface area contributed by atoms with E-state index >= 15 is 0 Å². The van der Waals surface area contributed by atoms with Gasteiger partial charge in [-0.25, -0.2) is 4.79 Å². The molecule has 0 bridgehead atoms. The van der Waals surface area contributed by atoms with Gasteiger partial charge in [-0.15, -0.1) is 0 Å². The molecule has 0 aliphatic rings. The molecular formula is C21H27NO4. The molecular weight excluding hydrogens is 330 g/mol. The van der Waals surface area contributed by atoms with Gasteiger partial charge >= 0.3 is 5.97 Å². The summed E-state index contributed by atoms with van der Waals surface area (Å²) in [6.07, 6.45) is 0. The Balaban J connectivity index is 2.53. The number of carbonyl (C=O) groups is 1. The summed E-state index contributed by atoms with van der Waals surface area (Å²) < 4.78 is 10.7. The molecule has 0 aliphatic heterocycles. The molecule has 0 aliphatic carbocycles. The average Bonchev–Trinajstić information content (AvgIpc) is 2.59. The third-order valence-electron chi connectivity index (χ3n) is 4.58. The number of benzene rings is 2. The largest absolute Gasteiger partial charge is 0.497 e. The number of rotatable bonds is 7. The van der Waals surface area contributed by atoms with Crippen LogP contribution in [0.15, 0.2) is 30.3 Å². The Bertz CT molecular complexity index is 778. The van der Waals surface area contributed by atoms with E-state index in [4.69, 9.17) is 9.47 Å². The second-order valence-electron chi connectivity index (χ2n) is 6.57. The zero-order valence-electron chi connectivity index (χ0n) is 16.3. The number of methoxy groups -OCH3 is 2. The van der Waals surface area contributed by atoms with Crippen LogP contribution in [0.1, 0.15) is 29.2 Å². The SMILES string of the molecule is COc1ccc(CN(c2c(C)cc(C)cc2C)[C@@H](C)C(=O)O)c(OC)c1. The summed E-state index contributed by atoms with van der Waals surface area (Å²) in [5.74, 6) is 0.511. The van der Waals surface area contributed by atoms with Crippen molar-refractivity contribution in [1.29, 1.82) is 0 Å². The van der Waals surface area contributed by atoms with E-state index in [1.54, 1.807) is 21.1 Å². The van der Waals surface area contributed by atoms with Gasteiger partial charge in [0.2, 0.25) is 0 Å². The lowest BCUT2D eigenvalue weighted by Crippen LogP contribution is -2.39. The van der Waals surface area contributed by atoms with Gasteiger partial charge in [-0.2, -0.15) is 0 Å². The molecule has 0 saturated carbocycles. The van der Waals surface area contributed by atoms with Crippen LogP contribution in [0.3, 0.4) is 0 Å². The molecule has 1 atom stereocenters. The summed E-state index contributed by atoms with van der Waals surface area (Å²) in [6.45, 7) is 8.20. The minimum Gasteiger partial charge on any atom is -0.497 e. The number of carboxylic acid groups (broad SMARTS) is 1. The number of hydrogen-bond acceptors (Lipinski definition) is 4. The normalized spacial score (nSPS) is 11.8. The van der Waals surface area contributed by atoms with Crippen LogP contribution < -0.4 is 14.4 Å². The molecule has 0 saturated heterocycles. The van der Waals surface area contributed by atoms with E-state index in [0.29, 0.717) is 18.0 Å². The molecule has 0 amide bonds. The van der Waals surface area contributed by atoms with Gasteiger partial charge in [0.25, 0.3) is 0 Å². The van der Waals surface area contributed by atoms with Gasteiger partial charge in [0.15, 0.2) is 0 Å². The quantitative estimate of drug-likeness (QED) is 0.808. The fourth-order valence-corrected chi connectivity index (χ4v) is 3.33. The molecule has 0 radical (unpaired) electrons. The number of anilines is 1. The highest BCUT2D eigenvalue weighted by Crippen LogP contribution is 2.32. The first-order valence-corrected chi connectivity index (χ1v) is 8.56. The van der Waals surface area contributed by atoms with Crippen LogP contribution in [0, 0.1) is 20.8 Å². The van der Waals surface area contributed by atoms with Crippen LogP contribution in [0.2, 0.25) is 0 Å². The van der Waals surface area contributed by atoms with Crippen LogP contribution >= 0.6 is 0 Å². The maximum absolute atomic E-state index is 11.8. The van der Waals surface area contributed by atoms with Gasteiger partial charge in [-0.1, -0.05) is 17.7 Å². The molecule has 0 unspecified atom stereocenters. The first kappa shape index (κ1) is 19.6. The molecule has 2 rings (SSSR count). The number of aryl methyl sites for hydroxylation is 3. The lowest BCUT2D eigenvalue weighted by Gasteiger charge is -2.32. The second-order valence-corrected chi connectivity index (χ2v) is 6.57. The van der Waals surface area contributed by atoms with Crippen LogP contribution in [-0.4, -0.2) is 31.3 Å². The van der Waals surface area contributed by atoms with Crippen LogP contribution in [-0.2, 0) is 11.3 Å². The summed E-state index contributed by atoms with van der Waals surface area (Å²) in [5, 5.41) is 9.64. The smallest absolute Gasteiger partial charge is 0.326 e. The van der Waals surface area contributed by atoms with Gasteiger partial charge in [-0.3, -0.25) is 0 Å². The fourth-order valence-electron chi connectivity index (χ4n) is 3.33. The van der Waals surface area contributed by atoms with E-state index in [-0.39, 0.29) is 0 Å². The Morgan fingerprint density at radius 1 is 1.08 bits per heavy atom. The van der Waals surface area contributed by atoms with Gasteiger partial charge < -0.3 is 19.5 Å². The van der Waals surface area contributed by atoms with E-state index < -0.39 is 12.0 Å². The predicted octanol–water partition coefficient (Wildman–Crippen LogP) is 4.11. The number of aliphatic carboxylic acids is 1. The van der Waals surface area contributed by atoms with Crippen molar-refractivity contribution in [1.82, 2.24) is 0 Å². The van der Waals surface area contributed by atoms with E-state index in [9.17, 15) is 9.90 Å². The van der Waals surface area contributed by atoms with Crippen molar-refractivity contribution >= 4 is 11.7 Å². The highest BCUT2D eigenvalue weighted by Gasteiger charge is 2.25. The summed E-state index contributed by atoms with van der Waals surface area (Å²) in [4.78, 5) is 13.7. The first-order chi connectivity index (χ1) is 12.3. The molecule has 1 N–H and O–H groups in total. The van der Waals surface area contributed by atoms with E-state index in [2.05, 4.69) is 12.1 Å². The molecule has 0 heterocycles. The summed E-state index contributed by atoms with van der Waals surface area (Å²) in [7, 11) is 3.21. The van der Waals surface area contributed by atoms with E-state index in [1.807, 2.05) is 43.9 Å². The van der Waals surface area contributed by atoms with E-state index in [0.717, 1.165) is 27.9 Å². The molecule has 140 valence electrons. The molecule has 5 nitrogen and oxygen atoms in total. The maximum atomic E-state index is 11.8. The molecule has 2 aromatic rings. The van der Waals surface area contributed by atoms with Crippen molar-refractivity contribution in [3.63, 3.8) is 0 Å². The third-order valence-corrected chi connectivity index (χ3v) is 4.58. The fraction of sp³-hybridized carbons (Fsp3) is 0.381. The number of ether oxygens (including phenoxy) is 2. The van der Waals surface area contributed by atoms with Crippen molar-refractivity contribution in [2.24, 2.45) is 0 Å². The Morgan fingerprint density at radius 3 is 2.19 bits per heavy atom. The number of nitrogens with zero attached hydrogens (tertiary/aromatic N) is 1. The van der Waals surface area contributed by atoms with Gasteiger partial charge in [-0.05, 0) is 51.0 Å². The minimum atomic E-state index is -0.864. The Hall–Kier alpha value is -2.69. The Kier molecular flexibility index (Phi) is 6.14. The standard InChI is InChI=1S/C21H27NO4/c1-13-9-14(2)20(15(3)10-13)22(16(4)21(23)24)12-17-7-8-18(25-5)11-19(17)26-6/h7-11,16H,12H2,1-6H3,(H,23,24)/t16-/m0/s1. The lowest BCUT2D eigenvalue weighted by atomic mass is 10.0. The minimum absolute atomic E-state index is 0.422. The second kappa shape index (κ2) is 8.13. The third kappa shape index (κ3) is 4.10. The molecule has 2 aromatic carbocycles. The number of carboxylic acids is 1. The first-order valence-electron chi connectivity index (χ1n) is 8.56. The topological polar surface area (TPSA) is 59.0 Å². The lowest BCUT2D eigenvalue weighted by molar-refractivity contribution is -0.138. The van der Waals surface area contributed by atoms with Crippen molar-refractivity contribution in [2.45, 2.75) is 40.3 Å². The average molecular weight is 357 g/mol. The zero-order chi connectivity index (χ0) is 19.4. The van der Waals surface area contributed by atoms with Crippen molar-refractivity contribution in [3.8, 4) is 11.5 Å². The maximum Gasteiger partial charge on any atom is 0.326 e. The molecule has 0 aromatic heterocycles. The summed E-state index contributed by atoms with van der Waals surface area (Å²) >= 11 is 0. The van der Waals surface area contributed by atoms with Crippen LogP contribution in [0.25, 0.3) is 0 Å². The zero-order valence-corrected chi connectivity index (χ0v) is 16.3. The summed E-state index contributed by atoms with van der Waals surface area (Å²) in [5.41, 5.74) is 5.13. The van der Waals surface area contributed by atoms with Gasteiger partial charge in [0.05, 0.1) is 14.2 Å². The summed E-state index contributed by atoms with van der Waals surface area (Å²) in [6, 6.07) is 9.06. The van der Waals surface area contributed by atoms with Crippen LogP contribution in [0.4, 0.5) is 5.69 Å². The molecule has 0 spiro atoms. The highest BCUT2D eigenvalue weighted by molar-refractivity contribution is 5.79. The van der Waals surface area contributed by atoms with Crippen molar-refractivity contribution < 1.29 is 19.4 Å². The monoisotopic (exact) mass is 357 g/mol. The van der Waals surface area contributed by atoms with Crippen LogP contribution in [0.5, 0.6) is 11.5 Å². The molecule has 0 fully saturated rings. The van der Waals surface area contributed by atoms with Crippen molar-refractivity contribution in [2.75, 3.05) is 19.1 Å². The molecule has 26 heavy (non-hydrogen) atoms. The van der Waals surface area contributed by atoms with E-state index in [1.165, 1.54) is 0 Å². The predicted molar refractivity (Wildman–Crippen MR) is 103 cm³/mol. The Labute approximate surface area is 155 Å². The van der Waals surface area contributed by atoms with Gasteiger partial charge in [0.1, 0.15) is 17.5 Å². The number of hydrogen-bond donors (Lipinski definition) is 1. The van der Waals surface area contributed by atoms with Crippen molar-refractivity contribution in [3.05, 3.63) is 52.6 Å². The van der Waals surface area contributed by atoms with Gasteiger partial charge in [0, 0.05) is 23.9 Å².